The van der Waals surface area contributed by atoms with Crippen molar-refractivity contribution in [2.45, 2.75) is 0 Å². The molecule has 10 heteroatoms. The Hall–Kier alpha value is -4.99. The predicted octanol–water partition coefficient (Wildman–Crippen LogP) is 2.35. The summed E-state index contributed by atoms with van der Waals surface area (Å²) in [6.07, 6.45) is 0. The van der Waals surface area contributed by atoms with Gasteiger partial charge in [-0.2, -0.15) is 0 Å². The molecule has 0 aliphatic carbocycles. The number of aromatic nitrogens is 6. The minimum Gasteiger partial charge on any atom is -0.264 e. The standard InChI is InChI=1S/C23H16N8O2/c32-22(19-24-17-13-7-8-14-18(17)26-27-19)28-29-23(33)20-25-21(15-9-3-1-4-10-15)31(30-20)16-11-5-2-6-12-16/h1-14H,(H,28,32)(H,29,33). The van der Waals surface area contributed by atoms with Crippen LogP contribution in [0, 0.1) is 0 Å². The fourth-order valence-electron chi connectivity index (χ4n) is 3.13. The Kier molecular flexibility index (Phi) is 5.22. The number of benzene rings is 3. The Labute approximate surface area is 187 Å². The van der Waals surface area contributed by atoms with E-state index < -0.39 is 11.8 Å². The molecule has 5 aromatic rings. The van der Waals surface area contributed by atoms with E-state index in [9.17, 15) is 9.59 Å². The van der Waals surface area contributed by atoms with Crippen LogP contribution in [-0.2, 0) is 0 Å². The number of nitrogens with one attached hydrogen (secondary N) is 2. The van der Waals surface area contributed by atoms with Crippen molar-refractivity contribution < 1.29 is 9.59 Å². The zero-order valence-electron chi connectivity index (χ0n) is 17.1. The number of rotatable bonds is 4. The molecule has 0 aliphatic heterocycles. The summed E-state index contributed by atoms with van der Waals surface area (Å²) >= 11 is 0. The highest BCUT2D eigenvalue weighted by Crippen LogP contribution is 2.20. The molecule has 33 heavy (non-hydrogen) atoms. The van der Waals surface area contributed by atoms with Gasteiger partial charge in [0.15, 0.2) is 5.82 Å². The lowest BCUT2D eigenvalue weighted by Crippen LogP contribution is -2.42. The molecule has 0 fully saturated rings. The van der Waals surface area contributed by atoms with E-state index in [1.165, 1.54) is 0 Å². The molecule has 10 nitrogen and oxygen atoms in total. The van der Waals surface area contributed by atoms with Gasteiger partial charge in [0, 0.05) is 5.56 Å². The smallest absolute Gasteiger partial charge is 0.264 e. The van der Waals surface area contributed by atoms with E-state index in [0.717, 1.165) is 11.3 Å². The lowest BCUT2D eigenvalue weighted by molar-refractivity contribution is 0.0835. The van der Waals surface area contributed by atoms with Gasteiger partial charge in [0.1, 0.15) is 5.52 Å². The quantitative estimate of drug-likeness (QED) is 0.414. The van der Waals surface area contributed by atoms with Crippen LogP contribution in [0.15, 0.2) is 84.9 Å². The summed E-state index contributed by atoms with van der Waals surface area (Å²) in [6, 6.07) is 25.7. The predicted molar refractivity (Wildman–Crippen MR) is 119 cm³/mol. The molecule has 0 unspecified atom stereocenters. The molecule has 0 radical (unpaired) electrons. The van der Waals surface area contributed by atoms with E-state index >= 15 is 0 Å². The summed E-state index contributed by atoms with van der Waals surface area (Å²) < 4.78 is 1.57. The molecule has 160 valence electrons. The van der Waals surface area contributed by atoms with Gasteiger partial charge in [0.25, 0.3) is 0 Å². The van der Waals surface area contributed by atoms with Gasteiger partial charge in [-0.15, -0.1) is 15.3 Å². The van der Waals surface area contributed by atoms with E-state index in [-0.39, 0.29) is 11.6 Å². The first kappa shape index (κ1) is 19.9. The number of hydrogen-bond donors (Lipinski definition) is 2. The van der Waals surface area contributed by atoms with Gasteiger partial charge in [-0.3, -0.25) is 20.4 Å². The van der Waals surface area contributed by atoms with Crippen LogP contribution in [0.2, 0.25) is 0 Å². The summed E-state index contributed by atoms with van der Waals surface area (Å²) in [7, 11) is 0. The van der Waals surface area contributed by atoms with E-state index in [0.29, 0.717) is 16.9 Å². The van der Waals surface area contributed by atoms with Crippen LogP contribution in [0.3, 0.4) is 0 Å². The van der Waals surface area contributed by atoms with E-state index in [4.69, 9.17) is 0 Å². The average Bonchev–Trinajstić information content (AvgIpc) is 3.33. The van der Waals surface area contributed by atoms with Gasteiger partial charge >= 0.3 is 11.8 Å². The first-order chi connectivity index (χ1) is 16.2. The fraction of sp³-hybridized carbons (Fsp3) is 0. The molecular weight excluding hydrogens is 420 g/mol. The molecule has 5 rings (SSSR count). The minimum absolute atomic E-state index is 0.115. The van der Waals surface area contributed by atoms with Gasteiger partial charge in [-0.05, 0) is 24.3 Å². The topological polar surface area (TPSA) is 128 Å². The Morgan fingerprint density at radius 2 is 1.24 bits per heavy atom. The third-order valence-corrected chi connectivity index (χ3v) is 4.70. The molecule has 0 saturated carbocycles. The van der Waals surface area contributed by atoms with E-state index in [2.05, 4.69) is 36.1 Å². The number of para-hydroxylation sites is 2. The molecule has 2 N–H and O–H groups in total. The Morgan fingerprint density at radius 1 is 0.636 bits per heavy atom. The molecule has 2 amide bonds. The summed E-state index contributed by atoms with van der Waals surface area (Å²) in [5, 5.41) is 12.1. The highest BCUT2D eigenvalue weighted by molar-refractivity contribution is 5.96. The first-order valence-corrected chi connectivity index (χ1v) is 9.97. The van der Waals surface area contributed by atoms with Gasteiger partial charge in [-0.25, -0.2) is 14.6 Å². The van der Waals surface area contributed by atoms with Gasteiger partial charge in [0.05, 0.1) is 11.2 Å². The average molecular weight is 436 g/mol. The molecule has 0 spiro atoms. The zero-order chi connectivity index (χ0) is 22.6. The maximum Gasteiger partial charge on any atom is 0.309 e. The van der Waals surface area contributed by atoms with Crippen LogP contribution in [0.4, 0.5) is 0 Å². The van der Waals surface area contributed by atoms with Crippen molar-refractivity contribution in [2.75, 3.05) is 0 Å². The number of nitrogens with zero attached hydrogens (tertiary/aromatic N) is 6. The largest absolute Gasteiger partial charge is 0.309 e. The maximum atomic E-state index is 12.7. The maximum absolute atomic E-state index is 12.7. The van der Waals surface area contributed by atoms with Gasteiger partial charge in [-0.1, -0.05) is 60.7 Å². The molecule has 0 atom stereocenters. The second-order valence-corrected chi connectivity index (χ2v) is 6.90. The summed E-state index contributed by atoms with van der Waals surface area (Å²) in [5.74, 6) is -1.21. The molecule has 0 saturated heterocycles. The van der Waals surface area contributed by atoms with Crippen molar-refractivity contribution in [1.82, 2.24) is 40.8 Å². The molecule has 2 aromatic heterocycles. The Balaban J connectivity index is 1.38. The zero-order valence-corrected chi connectivity index (χ0v) is 17.1. The second-order valence-electron chi connectivity index (χ2n) is 6.90. The van der Waals surface area contributed by atoms with Crippen LogP contribution in [0.25, 0.3) is 28.1 Å². The normalized spacial score (nSPS) is 10.7. The number of amides is 2. The number of carbonyl (C=O) groups excluding carboxylic acids is 2. The molecule has 0 bridgehead atoms. The van der Waals surface area contributed by atoms with Gasteiger partial charge < -0.3 is 0 Å². The highest BCUT2D eigenvalue weighted by Gasteiger charge is 2.20. The molecule has 2 heterocycles. The third kappa shape index (κ3) is 4.12. The van der Waals surface area contributed by atoms with Gasteiger partial charge in [0.2, 0.25) is 11.6 Å². The summed E-state index contributed by atoms with van der Waals surface area (Å²) in [5.41, 5.74) is 7.18. The Morgan fingerprint density at radius 3 is 1.97 bits per heavy atom. The second kappa shape index (κ2) is 8.63. The molecule has 3 aromatic carbocycles. The lowest BCUT2D eigenvalue weighted by atomic mass is 10.2. The molecular formula is C23H16N8O2. The van der Waals surface area contributed by atoms with Crippen molar-refractivity contribution in [3.63, 3.8) is 0 Å². The van der Waals surface area contributed by atoms with Crippen molar-refractivity contribution in [3.8, 4) is 17.1 Å². The van der Waals surface area contributed by atoms with Crippen LogP contribution >= 0.6 is 0 Å². The lowest BCUT2D eigenvalue weighted by Gasteiger charge is -2.05. The van der Waals surface area contributed by atoms with Crippen LogP contribution < -0.4 is 10.9 Å². The summed E-state index contributed by atoms with van der Waals surface area (Å²) in [4.78, 5) is 33.6. The van der Waals surface area contributed by atoms with E-state index in [1.807, 2.05) is 60.7 Å². The first-order valence-electron chi connectivity index (χ1n) is 9.97. The van der Waals surface area contributed by atoms with Crippen LogP contribution in [-0.4, -0.2) is 41.8 Å². The van der Waals surface area contributed by atoms with Crippen molar-refractivity contribution in [3.05, 3.63) is 96.6 Å². The minimum atomic E-state index is -0.715. The highest BCUT2D eigenvalue weighted by atomic mass is 16.2. The fourth-order valence-corrected chi connectivity index (χ4v) is 3.13. The van der Waals surface area contributed by atoms with Crippen LogP contribution in [0.1, 0.15) is 21.2 Å². The number of carbonyl (C=O) groups is 2. The molecule has 0 aliphatic rings. The third-order valence-electron chi connectivity index (χ3n) is 4.70. The van der Waals surface area contributed by atoms with Crippen molar-refractivity contribution >= 4 is 22.8 Å². The number of fused-ring (bicyclic) bond motifs is 1. The van der Waals surface area contributed by atoms with Crippen molar-refractivity contribution in [2.24, 2.45) is 0 Å². The van der Waals surface area contributed by atoms with Crippen LogP contribution in [0.5, 0.6) is 0 Å². The SMILES string of the molecule is O=C(NNC(=O)c1nc(-c2ccccc2)n(-c2ccccc2)n1)c1nnc2ccccc2n1. The Bertz CT molecular complexity index is 1390. The number of hydrogen-bond acceptors (Lipinski definition) is 7. The summed E-state index contributed by atoms with van der Waals surface area (Å²) in [6.45, 7) is 0. The van der Waals surface area contributed by atoms with E-state index in [1.54, 1.807) is 28.9 Å². The van der Waals surface area contributed by atoms with Crippen molar-refractivity contribution in [1.29, 1.82) is 0 Å². The number of hydrazine groups is 1. The monoisotopic (exact) mass is 436 g/mol.